The summed E-state index contributed by atoms with van der Waals surface area (Å²) in [5, 5.41) is 19.3. The average Bonchev–Trinajstić information content (AvgIpc) is 3.37. The van der Waals surface area contributed by atoms with Crippen LogP contribution >= 0.6 is 11.6 Å². The molecule has 41 heavy (non-hydrogen) atoms. The molecular formula is C32H36ClN3O5. The minimum Gasteiger partial charge on any atom is -0.480 e. The van der Waals surface area contributed by atoms with E-state index in [9.17, 15) is 14.7 Å². The van der Waals surface area contributed by atoms with E-state index in [0.29, 0.717) is 25.4 Å². The molecule has 2 aromatic rings. The molecule has 3 fully saturated rings. The van der Waals surface area contributed by atoms with Gasteiger partial charge in [0.15, 0.2) is 11.2 Å². The third-order valence-electron chi connectivity index (χ3n) is 10.3. The number of ether oxygens (including phenoxy) is 1. The highest BCUT2D eigenvalue weighted by molar-refractivity contribution is 6.35. The summed E-state index contributed by atoms with van der Waals surface area (Å²) in [5.74, 6) is -4.01. The van der Waals surface area contributed by atoms with Gasteiger partial charge in [-0.15, -0.1) is 0 Å². The van der Waals surface area contributed by atoms with E-state index in [-0.39, 0.29) is 34.4 Å². The minimum atomic E-state index is -2.09. The second-order valence-electron chi connectivity index (χ2n) is 12.6. The van der Waals surface area contributed by atoms with Gasteiger partial charge in [0.25, 0.3) is 0 Å². The van der Waals surface area contributed by atoms with Crippen LogP contribution in [0, 0.1) is 11.3 Å². The maximum Gasteiger partial charge on any atom is 0.319 e. The van der Waals surface area contributed by atoms with Crippen LogP contribution in [-0.4, -0.2) is 63.2 Å². The molecule has 5 aliphatic rings. The Bertz CT molecular complexity index is 1440. The van der Waals surface area contributed by atoms with Crippen molar-refractivity contribution in [2.24, 2.45) is 11.3 Å². The number of aromatic nitrogens is 2. The first-order chi connectivity index (χ1) is 19.9. The topological polar surface area (TPSA) is 113 Å². The van der Waals surface area contributed by atoms with Crippen LogP contribution in [-0.2, 0) is 27.2 Å². The molecule has 7 rings (SSSR count). The van der Waals surface area contributed by atoms with Crippen molar-refractivity contribution in [2.45, 2.75) is 81.6 Å². The van der Waals surface area contributed by atoms with Crippen LogP contribution in [0.3, 0.4) is 0 Å². The van der Waals surface area contributed by atoms with Gasteiger partial charge in [-0.2, -0.15) is 5.10 Å². The number of hydrogen-bond acceptors (Lipinski definition) is 5. The minimum absolute atomic E-state index is 0.160. The van der Waals surface area contributed by atoms with Gasteiger partial charge in [-0.3, -0.25) is 19.5 Å². The number of aliphatic carboxylic acids is 1. The third kappa shape index (κ3) is 4.20. The normalized spacial score (nSPS) is 31.0. The summed E-state index contributed by atoms with van der Waals surface area (Å²) in [6.45, 7) is 1.59. The zero-order valence-corrected chi connectivity index (χ0v) is 23.9. The van der Waals surface area contributed by atoms with Gasteiger partial charge in [0, 0.05) is 36.9 Å². The van der Waals surface area contributed by atoms with E-state index in [0.717, 1.165) is 74.6 Å². The zero-order chi connectivity index (χ0) is 28.4. The second kappa shape index (κ2) is 10.1. The molecular weight excluding hydrogens is 542 g/mol. The number of carbonyl (C=O) groups is 3. The molecule has 1 spiro atoms. The summed E-state index contributed by atoms with van der Waals surface area (Å²) in [7, 11) is 0. The molecule has 2 aliphatic heterocycles. The molecule has 3 aliphatic carbocycles. The molecule has 3 heterocycles. The second-order valence-corrected chi connectivity index (χ2v) is 13.0. The summed E-state index contributed by atoms with van der Waals surface area (Å²) in [6.07, 6.45) is 11.9. The summed E-state index contributed by atoms with van der Waals surface area (Å²) in [4.78, 5) is 45.1. The molecule has 1 amide bonds. The summed E-state index contributed by atoms with van der Waals surface area (Å²) >= 11 is 6.74. The van der Waals surface area contributed by atoms with Crippen LogP contribution in [0.25, 0.3) is 0 Å². The van der Waals surface area contributed by atoms with Gasteiger partial charge < -0.3 is 14.7 Å². The number of Topliss-reactive ketones (excluding diaryl/α,β-unsaturated/α-hetero) is 1. The third-order valence-corrected chi connectivity index (χ3v) is 10.6. The molecule has 0 radical (unpaired) electrons. The summed E-state index contributed by atoms with van der Waals surface area (Å²) in [6, 6.07) is 5.35. The number of nitrogens with one attached hydrogen (secondary N) is 1. The van der Waals surface area contributed by atoms with Crippen molar-refractivity contribution in [3.8, 4) is 0 Å². The molecule has 2 saturated heterocycles. The molecule has 8 nitrogen and oxygen atoms in total. The Morgan fingerprint density at radius 1 is 1.12 bits per heavy atom. The lowest BCUT2D eigenvalue weighted by Crippen LogP contribution is -2.56. The van der Waals surface area contributed by atoms with Crippen molar-refractivity contribution in [3.05, 3.63) is 63.5 Å². The molecule has 4 atom stereocenters. The summed E-state index contributed by atoms with van der Waals surface area (Å²) < 4.78 is 6.07. The lowest BCUT2D eigenvalue weighted by Gasteiger charge is -2.43. The number of halogens is 1. The smallest absolute Gasteiger partial charge is 0.319 e. The number of carbonyl (C=O) groups excluding carboxylic acids is 2. The number of nitrogens with zero attached hydrogens (tertiary/aromatic N) is 2. The van der Waals surface area contributed by atoms with E-state index < -0.39 is 29.0 Å². The highest BCUT2D eigenvalue weighted by Gasteiger charge is 2.63. The molecule has 0 bridgehead atoms. The number of carboxylic acid groups (broad SMARTS) is 1. The molecule has 216 valence electrons. The largest absolute Gasteiger partial charge is 0.480 e. The van der Waals surface area contributed by atoms with Gasteiger partial charge in [0.05, 0.1) is 22.2 Å². The molecule has 1 aromatic carbocycles. The predicted molar refractivity (Wildman–Crippen MR) is 152 cm³/mol. The quantitative estimate of drug-likeness (QED) is 0.277. The van der Waals surface area contributed by atoms with Gasteiger partial charge in [0.1, 0.15) is 0 Å². The SMILES string of the molecule is O=C(C1CC=CC(c2n[nH]c3c2CCCC3)C1(C(=O)O)C(=O)c1c(Cl)cccc1C1CC1)N1CCC2(CCCO2)C1. The number of ketones is 1. The van der Waals surface area contributed by atoms with E-state index in [1.165, 1.54) is 0 Å². The van der Waals surface area contributed by atoms with E-state index in [1.807, 2.05) is 18.2 Å². The maximum atomic E-state index is 15.1. The molecule has 9 heteroatoms. The number of benzene rings is 1. The Morgan fingerprint density at radius 3 is 2.71 bits per heavy atom. The highest BCUT2D eigenvalue weighted by atomic mass is 35.5. The van der Waals surface area contributed by atoms with Crippen LogP contribution in [0.5, 0.6) is 0 Å². The number of hydrogen-bond donors (Lipinski definition) is 2. The number of H-pyrrole nitrogens is 1. The first kappa shape index (κ1) is 26.9. The van der Waals surface area contributed by atoms with Crippen LogP contribution in [0.2, 0.25) is 5.02 Å². The van der Waals surface area contributed by atoms with Crippen molar-refractivity contribution >= 4 is 29.3 Å². The van der Waals surface area contributed by atoms with Crippen LogP contribution in [0.1, 0.15) is 96.1 Å². The molecule has 4 unspecified atom stereocenters. The lowest BCUT2D eigenvalue weighted by molar-refractivity contribution is -0.157. The van der Waals surface area contributed by atoms with Crippen molar-refractivity contribution < 1.29 is 24.2 Å². The monoisotopic (exact) mass is 577 g/mol. The Labute approximate surface area is 244 Å². The molecule has 1 aromatic heterocycles. The Balaban J connectivity index is 1.39. The number of aromatic amines is 1. The number of likely N-dealkylation sites (tertiary alicyclic amines) is 1. The van der Waals surface area contributed by atoms with Gasteiger partial charge in [0.2, 0.25) is 5.91 Å². The van der Waals surface area contributed by atoms with Gasteiger partial charge in [-0.25, -0.2) is 0 Å². The zero-order valence-electron chi connectivity index (χ0n) is 23.2. The Hall–Kier alpha value is -2.97. The fourth-order valence-corrected chi connectivity index (χ4v) is 8.27. The number of rotatable bonds is 6. The van der Waals surface area contributed by atoms with Gasteiger partial charge in [-0.1, -0.05) is 35.9 Å². The number of aryl methyl sites for hydroxylation is 1. The van der Waals surface area contributed by atoms with Gasteiger partial charge >= 0.3 is 5.97 Å². The lowest BCUT2D eigenvalue weighted by atomic mass is 9.57. The van der Waals surface area contributed by atoms with Crippen LogP contribution in [0.4, 0.5) is 0 Å². The standard InChI is InChI=1S/C32H36ClN3O5/c33-24-10-3-7-20(19-12-13-19)26(24)28(37)32(30(39)40)22(27-21-6-1-2-11-25(21)34-35-27)8-4-9-23(32)29(38)36-16-15-31(18-36)14-5-17-41-31/h3-4,7-8,10,19,22-23H,1-2,5-6,9,11-18H2,(H,34,35)(H,39,40). The van der Waals surface area contributed by atoms with Crippen molar-refractivity contribution in [3.63, 3.8) is 0 Å². The Kier molecular flexibility index (Phi) is 6.62. The van der Waals surface area contributed by atoms with Crippen molar-refractivity contribution in [1.29, 1.82) is 0 Å². The van der Waals surface area contributed by atoms with Gasteiger partial charge in [-0.05, 0) is 87.3 Å². The number of fused-ring (bicyclic) bond motifs is 1. The van der Waals surface area contributed by atoms with E-state index in [4.69, 9.17) is 16.3 Å². The van der Waals surface area contributed by atoms with E-state index in [2.05, 4.69) is 10.2 Å². The maximum absolute atomic E-state index is 15.1. The van der Waals surface area contributed by atoms with Crippen LogP contribution < -0.4 is 0 Å². The van der Waals surface area contributed by atoms with Crippen molar-refractivity contribution in [2.75, 3.05) is 19.7 Å². The first-order valence-corrected chi connectivity index (χ1v) is 15.5. The molecule has 1 saturated carbocycles. The number of amides is 1. The predicted octanol–water partition coefficient (Wildman–Crippen LogP) is 5.21. The fourth-order valence-electron chi connectivity index (χ4n) is 8.00. The highest BCUT2D eigenvalue weighted by Crippen LogP contribution is 2.54. The Morgan fingerprint density at radius 2 is 1.95 bits per heavy atom. The van der Waals surface area contributed by atoms with Crippen LogP contribution in [0.15, 0.2) is 30.4 Å². The van der Waals surface area contributed by atoms with Crippen molar-refractivity contribution in [1.82, 2.24) is 15.1 Å². The number of allylic oxidation sites excluding steroid dienone is 2. The molecule has 2 N–H and O–H groups in total. The van der Waals surface area contributed by atoms with E-state index >= 15 is 4.79 Å². The number of carboxylic acids is 1. The fraction of sp³-hybridized carbons (Fsp3) is 0.562. The first-order valence-electron chi connectivity index (χ1n) is 15.1. The average molecular weight is 578 g/mol. The van der Waals surface area contributed by atoms with E-state index in [1.54, 1.807) is 17.0 Å². The summed E-state index contributed by atoms with van der Waals surface area (Å²) in [5.41, 5.74) is 1.13.